The first-order valence-electron chi connectivity index (χ1n) is 7.30. The molecule has 0 aliphatic heterocycles. The van der Waals surface area contributed by atoms with Crippen molar-refractivity contribution in [3.05, 3.63) is 28.1 Å². The van der Waals surface area contributed by atoms with Gasteiger partial charge < -0.3 is 11.1 Å². The average molecular weight is 292 g/mol. The first-order valence-corrected chi connectivity index (χ1v) is 8.18. The molecule has 1 atom stereocenters. The summed E-state index contributed by atoms with van der Waals surface area (Å²) in [6.45, 7) is 7.22. The summed E-state index contributed by atoms with van der Waals surface area (Å²) in [5, 5.41) is 10.3. The summed E-state index contributed by atoms with van der Waals surface area (Å²) >= 11 is 1.79. The van der Waals surface area contributed by atoms with E-state index in [1.165, 1.54) is 4.88 Å². The first kappa shape index (κ1) is 14.9. The van der Waals surface area contributed by atoms with Gasteiger partial charge in [0.1, 0.15) is 5.82 Å². The number of aryl methyl sites for hydroxylation is 2. The van der Waals surface area contributed by atoms with Crippen molar-refractivity contribution in [3.63, 3.8) is 0 Å². The SMILES string of the molecule is CCCC(Nc1c(N)c(C)nn1CCC)c1cccs1. The molecule has 0 radical (unpaired) electrons. The summed E-state index contributed by atoms with van der Waals surface area (Å²) in [7, 11) is 0. The lowest BCUT2D eigenvalue weighted by molar-refractivity contribution is 0.591. The predicted molar refractivity (Wildman–Crippen MR) is 87.3 cm³/mol. The van der Waals surface area contributed by atoms with Gasteiger partial charge in [0.2, 0.25) is 0 Å². The number of hydrogen-bond donors (Lipinski definition) is 2. The maximum Gasteiger partial charge on any atom is 0.148 e. The third kappa shape index (κ3) is 3.15. The monoisotopic (exact) mass is 292 g/mol. The lowest BCUT2D eigenvalue weighted by Gasteiger charge is -2.19. The molecule has 0 spiro atoms. The fraction of sp³-hybridized carbons (Fsp3) is 0.533. The van der Waals surface area contributed by atoms with Gasteiger partial charge >= 0.3 is 0 Å². The van der Waals surface area contributed by atoms with Gasteiger partial charge in [-0.05, 0) is 31.2 Å². The summed E-state index contributed by atoms with van der Waals surface area (Å²) in [4.78, 5) is 1.35. The van der Waals surface area contributed by atoms with Crippen LogP contribution in [-0.2, 0) is 6.54 Å². The molecule has 0 amide bonds. The number of nitrogens with zero attached hydrogens (tertiary/aromatic N) is 2. The highest BCUT2D eigenvalue weighted by molar-refractivity contribution is 7.10. The third-order valence-electron chi connectivity index (χ3n) is 3.38. The van der Waals surface area contributed by atoms with E-state index in [9.17, 15) is 0 Å². The molecule has 0 bridgehead atoms. The molecule has 4 nitrogen and oxygen atoms in total. The van der Waals surface area contributed by atoms with Gasteiger partial charge in [-0.3, -0.25) is 0 Å². The van der Waals surface area contributed by atoms with Crippen LogP contribution in [0.3, 0.4) is 0 Å². The molecular weight excluding hydrogens is 268 g/mol. The Morgan fingerprint density at radius 3 is 2.80 bits per heavy atom. The minimum Gasteiger partial charge on any atom is -0.394 e. The van der Waals surface area contributed by atoms with E-state index in [0.717, 1.165) is 43.0 Å². The first-order chi connectivity index (χ1) is 9.67. The maximum absolute atomic E-state index is 6.19. The van der Waals surface area contributed by atoms with Gasteiger partial charge in [0, 0.05) is 11.4 Å². The molecule has 20 heavy (non-hydrogen) atoms. The minimum absolute atomic E-state index is 0.314. The van der Waals surface area contributed by atoms with Gasteiger partial charge in [-0.2, -0.15) is 5.10 Å². The summed E-state index contributed by atoms with van der Waals surface area (Å²) in [5.74, 6) is 0.969. The topological polar surface area (TPSA) is 55.9 Å². The Balaban J connectivity index is 2.26. The smallest absolute Gasteiger partial charge is 0.148 e. The summed E-state index contributed by atoms with van der Waals surface area (Å²) < 4.78 is 2.00. The molecule has 0 aromatic carbocycles. The molecule has 1 unspecified atom stereocenters. The van der Waals surface area contributed by atoms with Crippen molar-refractivity contribution < 1.29 is 0 Å². The molecule has 110 valence electrons. The molecule has 2 aromatic rings. The van der Waals surface area contributed by atoms with Crippen molar-refractivity contribution in [2.24, 2.45) is 0 Å². The molecule has 0 aliphatic rings. The molecule has 3 N–H and O–H groups in total. The molecule has 0 aliphatic carbocycles. The number of rotatable bonds is 7. The fourth-order valence-electron chi connectivity index (χ4n) is 2.35. The zero-order valence-corrected chi connectivity index (χ0v) is 13.3. The molecule has 0 saturated carbocycles. The van der Waals surface area contributed by atoms with E-state index in [1.807, 2.05) is 11.6 Å². The lowest BCUT2D eigenvalue weighted by atomic mass is 10.1. The number of thiophene rings is 1. The fourth-order valence-corrected chi connectivity index (χ4v) is 3.16. The van der Waals surface area contributed by atoms with E-state index in [0.29, 0.717) is 6.04 Å². The number of nitrogens with one attached hydrogen (secondary N) is 1. The van der Waals surface area contributed by atoms with Crippen molar-refractivity contribution in [1.29, 1.82) is 0 Å². The van der Waals surface area contributed by atoms with Crippen LogP contribution in [0.5, 0.6) is 0 Å². The Hall–Kier alpha value is -1.49. The van der Waals surface area contributed by atoms with Gasteiger partial charge in [-0.15, -0.1) is 11.3 Å². The molecule has 2 heterocycles. The van der Waals surface area contributed by atoms with E-state index in [2.05, 4.69) is 41.8 Å². The number of nitrogens with two attached hydrogens (primary N) is 1. The average Bonchev–Trinajstić information content (AvgIpc) is 3.03. The molecule has 2 rings (SSSR count). The highest BCUT2D eigenvalue weighted by Gasteiger charge is 2.18. The maximum atomic E-state index is 6.19. The molecular formula is C15H24N4S. The second-order valence-electron chi connectivity index (χ2n) is 5.07. The summed E-state index contributed by atoms with van der Waals surface area (Å²) in [6.07, 6.45) is 3.28. The Bertz CT molecular complexity index is 530. The normalized spacial score (nSPS) is 12.6. The van der Waals surface area contributed by atoms with Crippen LogP contribution in [0.1, 0.15) is 49.7 Å². The van der Waals surface area contributed by atoms with E-state index < -0.39 is 0 Å². The number of aromatic nitrogens is 2. The Morgan fingerprint density at radius 2 is 2.20 bits per heavy atom. The highest BCUT2D eigenvalue weighted by Crippen LogP contribution is 2.31. The quantitative estimate of drug-likeness (QED) is 0.804. The van der Waals surface area contributed by atoms with Gasteiger partial charge in [0.15, 0.2) is 0 Å². The number of anilines is 2. The van der Waals surface area contributed by atoms with Crippen molar-refractivity contribution in [3.8, 4) is 0 Å². The van der Waals surface area contributed by atoms with Crippen molar-refractivity contribution in [1.82, 2.24) is 9.78 Å². The molecule has 0 fully saturated rings. The van der Waals surface area contributed by atoms with Crippen LogP contribution in [-0.4, -0.2) is 9.78 Å². The van der Waals surface area contributed by atoms with Crippen LogP contribution in [0, 0.1) is 6.92 Å². The number of hydrogen-bond acceptors (Lipinski definition) is 4. The van der Waals surface area contributed by atoms with Crippen molar-refractivity contribution in [2.45, 2.75) is 52.6 Å². The standard InChI is InChI=1S/C15H24N4S/c1-4-7-12(13-8-6-10-20-13)17-15-14(16)11(3)18-19(15)9-5-2/h6,8,10,12,17H,4-5,7,9,16H2,1-3H3. The van der Waals surface area contributed by atoms with Gasteiger partial charge in [-0.25, -0.2) is 4.68 Å². The zero-order chi connectivity index (χ0) is 14.5. The van der Waals surface area contributed by atoms with Crippen LogP contribution >= 0.6 is 11.3 Å². The minimum atomic E-state index is 0.314. The Kier molecular flexibility index (Phi) is 5.06. The molecule has 2 aromatic heterocycles. The van der Waals surface area contributed by atoms with Crippen LogP contribution in [0.15, 0.2) is 17.5 Å². The Labute approximate surface area is 125 Å². The van der Waals surface area contributed by atoms with Crippen LogP contribution < -0.4 is 11.1 Å². The van der Waals surface area contributed by atoms with E-state index in [1.54, 1.807) is 11.3 Å². The van der Waals surface area contributed by atoms with E-state index in [-0.39, 0.29) is 0 Å². The third-order valence-corrected chi connectivity index (χ3v) is 4.37. The zero-order valence-electron chi connectivity index (χ0n) is 12.5. The highest BCUT2D eigenvalue weighted by atomic mass is 32.1. The van der Waals surface area contributed by atoms with Gasteiger partial charge in [0.25, 0.3) is 0 Å². The molecule has 5 heteroatoms. The van der Waals surface area contributed by atoms with Crippen LogP contribution in [0.4, 0.5) is 11.5 Å². The predicted octanol–water partition coefficient (Wildman–Crippen LogP) is 4.20. The largest absolute Gasteiger partial charge is 0.394 e. The Morgan fingerprint density at radius 1 is 1.40 bits per heavy atom. The van der Waals surface area contributed by atoms with Crippen molar-refractivity contribution in [2.75, 3.05) is 11.1 Å². The summed E-state index contributed by atoms with van der Waals surface area (Å²) in [5.41, 5.74) is 7.87. The lowest BCUT2D eigenvalue weighted by Crippen LogP contribution is -2.14. The van der Waals surface area contributed by atoms with E-state index >= 15 is 0 Å². The van der Waals surface area contributed by atoms with Crippen LogP contribution in [0.25, 0.3) is 0 Å². The van der Waals surface area contributed by atoms with Crippen LogP contribution in [0.2, 0.25) is 0 Å². The number of nitrogen functional groups attached to an aromatic ring is 1. The second-order valence-corrected chi connectivity index (χ2v) is 6.05. The summed E-state index contributed by atoms with van der Waals surface area (Å²) in [6, 6.07) is 4.60. The van der Waals surface area contributed by atoms with E-state index in [4.69, 9.17) is 5.73 Å². The van der Waals surface area contributed by atoms with Gasteiger partial charge in [0.05, 0.1) is 17.4 Å². The second kappa shape index (κ2) is 6.79. The molecule has 0 saturated heterocycles. The van der Waals surface area contributed by atoms with Crippen molar-refractivity contribution >= 4 is 22.8 Å². The van der Waals surface area contributed by atoms with Gasteiger partial charge in [-0.1, -0.05) is 26.3 Å².